The molecule has 0 N–H and O–H groups in total. The van der Waals surface area contributed by atoms with E-state index >= 15 is 0 Å². The molecule has 0 radical (unpaired) electrons. The first-order valence-corrected chi connectivity index (χ1v) is 8.71. The van der Waals surface area contributed by atoms with Crippen molar-refractivity contribution in [3.63, 3.8) is 0 Å². The van der Waals surface area contributed by atoms with Crippen LogP contribution in [0.15, 0.2) is 31.1 Å². The van der Waals surface area contributed by atoms with Crippen molar-refractivity contribution in [1.82, 2.24) is 29.7 Å². The quantitative estimate of drug-likeness (QED) is 0.710. The molecule has 4 heterocycles. The molecule has 8 heteroatoms. The first-order valence-electron chi connectivity index (χ1n) is 8.71. The normalized spacial score (nSPS) is 14.7. The van der Waals surface area contributed by atoms with Gasteiger partial charge in [-0.15, -0.1) is 0 Å². The predicted octanol–water partition coefficient (Wildman–Crippen LogP) is 1.61. The lowest BCUT2D eigenvalue weighted by molar-refractivity contribution is 0.638. The van der Waals surface area contributed by atoms with Crippen LogP contribution in [0.25, 0.3) is 11.3 Å². The summed E-state index contributed by atoms with van der Waals surface area (Å²) in [4.78, 5) is 22.5. The molecule has 26 heavy (non-hydrogen) atoms. The lowest BCUT2D eigenvalue weighted by atomic mass is 10.2. The van der Waals surface area contributed by atoms with Gasteiger partial charge in [0.15, 0.2) is 0 Å². The summed E-state index contributed by atoms with van der Waals surface area (Å²) < 4.78 is 1.77. The minimum atomic E-state index is 0.847. The molecular formula is C18H22N8. The SMILES string of the molecule is Cc1ncnc(N2CCN(c3cncc(-c4cnn(C)c4)n3)CC2)c1C. The molecule has 0 atom stereocenters. The molecule has 0 saturated carbocycles. The fourth-order valence-electron chi connectivity index (χ4n) is 3.19. The Morgan fingerprint density at radius 1 is 0.923 bits per heavy atom. The minimum Gasteiger partial charge on any atom is -0.353 e. The Bertz CT molecular complexity index is 911. The van der Waals surface area contributed by atoms with Gasteiger partial charge in [0.2, 0.25) is 0 Å². The molecule has 0 aliphatic carbocycles. The third-order valence-corrected chi connectivity index (χ3v) is 4.84. The molecule has 3 aromatic rings. The summed E-state index contributed by atoms with van der Waals surface area (Å²) in [6, 6.07) is 0. The molecule has 4 rings (SSSR count). The molecule has 0 amide bonds. The maximum absolute atomic E-state index is 4.78. The summed E-state index contributed by atoms with van der Waals surface area (Å²) in [7, 11) is 1.90. The van der Waals surface area contributed by atoms with E-state index in [1.165, 1.54) is 0 Å². The number of hydrogen-bond acceptors (Lipinski definition) is 7. The Labute approximate surface area is 152 Å². The second kappa shape index (κ2) is 6.70. The fourth-order valence-corrected chi connectivity index (χ4v) is 3.19. The summed E-state index contributed by atoms with van der Waals surface area (Å²) in [5.74, 6) is 1.94. The average molecular weight is 350 g/mol. The zero-order valence-corrected chi connectivity index (χ0v) is 15.3. The van der Waals surface area contributed by atoms with Crippen LogP contribution in [0.2, 0.25) is 0 Å². The Kier molecular flexibility index (Phi) is 4.24. The number of aromatic nitrogens is 6. The Morgan fingerprint density at radius 3 is 2.42 bits per heavy atom. The van der Waals surface area contributed by atoms with Gasteiger partial charge in [-0.3, -0.25) is 9.67 Å². The van der Waals surface area contributed by atoms with Crippen molar-refractivity contribution in [2.24, 2.45) is 7.05 Å². The molecule has 0 aromatic carbocycles. The van der Waals surface area contributed by atoms with Gasteiger partial charge in [-0.2, -0.15) is 5.10 Å². The third-order valence-electron chi connectivity index (χ3n) is 4.84. The zero-order chi connectivity index (χ0) is 18.1. The van der Waals surface area contributed by atoms with Crippen LogP contribution in [0, 0.1) is 13.8 Å². The molecule has 1 aliphatic heterocycles. The molecule has 0 spiro atoms. The summed E-state index contributed by atoms with van der Waals surface area (Å²) in [5.41, 5.74) is 4.01. The van der Waals surface area contributed by atoms with Crippen LogP contribution in [0.5, 0.6) is 0 Å². The third kappa shape index (κ3) is 3.10. The molecule has 1 aliphatic rings. The number of anilines is 2. The van der Waals surface area contributed by atoms with E-state index in [0.717, 1.165) is 60.3 Å². The topological polar surface area (TPSA) is 75.9 Å². The smallest absolute Gasteiger partial charge is 0.147 e. The monoisotopic (exact) mass is 350 g/mol. The summed E-state index contributed by atoms with van der Waals surface area (Å²) in [6.07, 6.45) is 9.02. The van der Waals surface area contributed by atoms with E-state index in [2.05, 4.69) is 36.8 Å². The van der Waals surface area contributed by atoms with Crippen LogP contribution in [-0.2, 0) is 7.05 Å². The molecule has 0 bridgehead atoms. The molecule has 1 fully saturated rings. The standard InChI is InChI=1S/C18H22N8/c1-13-14(2)20-12-21-18(13)26-6-4-25(5-7-26)17-10-19-9-16(23-17)15-8-22-24(3)11-15/h8-12H,4-7H2,1-3H3. The van der Waals surface area contributed by atoms with Crippen LogP contribution in [0.1, 0.15) is 11.3 Å². The van der Waals surface area contributed by atoms with E-state index in [0.29, 0.717) is 0 Å². The molecule has 0 unspecified atom stereocenters. The van der Waals surface area contributed by atoms with Gasteiger partial charge >= 0.3 is 0 Å². The van der Waals surface area contributed by atoms with E-state index < -0.39 is 0 Å². The van der Waals surface area contributed by atoms with Gasteiger partial charge < -0.3 is 9.80 Å². The van der Waals surface area contributed by atoms with Crippen LogP contribution in [0.4, 0.5) is 11.6 Å². The van der Waals surface area contributed by atoms with Crippen molar-refractivity contribution in [3.8, 4) is 11.3 Å². The van der Waals surface area contributed by atoms with E-state index in [4.69, 9.17) is 4.98 Å². The summed E-state index contributed by atoms with van der Waals surface area (Å²) in [5, 5.41) is 4.21. The maximum atomic E-state index is 4.78. The van der Waals surface area contributed by atoms with E-state index in [1.54, 1.807) is 17.2 Å². The lowest BCUT2D eigenvalue weighted by Crippen LogP contribution is -2.47. The average Bonchev–Trinajstić information content (AvgIpc) is 3.11. The van der Waals surface area contributed by atoms with Crippen LogP contribution in [0.3, 0.4) is 0 Å². The molecular weight excluding hydrogens is 328 g/mol. The van der Waals surface area contributed by atoms with Crippen molar-refractivity contribution in [1.29, 1.82) is 0 Å². The van der Waals surface area contributed by atoms with E-state index in [9.17, 15) is 0 Å². The molecule has 3 aromatic heterocycles. The Morgan fingerprint density at radius 2 is 1.69 bits per heavy atom. The summed E-state index contributed by atoms with van der Waals surface area (Å²) >= 11 is 0. The first-order chi connectivity index (χ1) is 12.6. The molecule has 1 saturated heterocycles. The van der Waals surface area contributed by atoms with E-state index in [1.807, 2.05) is 32.6 Å². The molecule has 8 nitrogen and oxygen atoms in total. The second-order valence-corrected chi connectivity index (χ2v) is 6.55. The van der Waals surface area contributed by atoms with Gasteiger partial charge in [0.05, 0.1) is 24.3 Å². The largest absolute Gasteiger partial charge is 0.353 e. The van der Waals surface area contributed by atoms with Gasteiger partial charge in [-0.1, -0.05) is 0 Å². The highest BCUT2D eigenvalue weighted by Crippen LogP contribution is 2.23. The minimum absolute atomic E-state index is 0.847. The second-order valence-electron chi connectivity index (χ2n) is 6.55. The van der Waals surface area contributed by atoms with Crippen molar-refractivity contribution in [3.05, 3.63) is 42.4 Å². The number of rotatable bonds is 3. The van der Waals surface area contributed by atoms with Gasteiger partial charge in [-0.25, -0.2) is 15.0 Å². The number of nitrogens with zero attached hydrogens (tertiary/aromatic N) is 8. The lowest BCUT2D eigenvalue weighted by Gasteiger charge is -2.36. The zero-order valence-electron chi connectivity index (χ0n) is 15.3. The highest BCUT2D eigenvalue weighted by molar-refractivity contribution is 5.58. The van der Waals surface area contributed by atoms with Crippen molar-refractivity contribution >= 4 is 11.6 Å². The Hall–Kier alpha value is -3.03. The van der Waals surface area contributed by atoms with Gasteiger partial charge in [0.25, 0.3) is 0 Å². The van der Waals surface area contributed by atoms with Crippen LogP contribution >= 0.6 is 0 Å². The van der Waals surface area contributed by atoms with Gasteiger partial charge in [0, 0.05) is 56.2 Å². The van der Waals surface area contributed by atoms with Crippen LogP contribution < -0.4 is 9.80 Å². The fraction of sp³-hybridized carbons (Fsp3) is 0.389. The molecule has 134 valence electrons. The Balaban J connectivity index is 1.49. The highest BCUT2D eigenvalue weighted by Gasteiger charge is 2.21. The summed E-state index contributed by atoms with van der Waals surface area (Å²) in [6.45, 7) is 7.67. The van der Waals surface area contributed by atoms with Crippen molar-refractivity contribution in [2.75, 3.05) is 36.0 Å². The number of piperazine rings is 1. The first kappa shape index (κ1) is 16.4. The van der Waals surface area contributed by atoms with Crippen molar-refractivity contribution in [2.45, 2.75) is 13.8 Å². The van der Waals surface area contributed by atoms with Crippen LogP contribution in [-0.4, -0.2) is 55.9 Å². The van der Waals surface area contributed by atoms with Gasteiger partial charge in [-0.05, 0) is 13.8 Å². The number of hydrogen-bond donors (Lipinski definition) is 0. The van der Waals surface area contributed by atoms with Crippen molar-refractivity contribution < 1.29 is 0 Å². The van der Waals surface area contributed by atoms with Gasteiger partial charge in [0.1, 0.15) is 18.0 Å². The highest BCUT2D eigenvalue weighted by atomic mass is 15.3. The predicted molar refractivity (Wildman–Crippen MR) is 100 cm³/mol. The number of aryl methyl sites for hydroxylation is 2. The van der Waals surface area contributed by atoms with E-state index in [-0.39, 0.29) is 0 Å². The maximum Gasteiger partial charge on any atom is 0.147 e.